The molecule has 2 N–H and O–H groups in total. The third-order valence-corrected chi connectivity index (χ3v) is 13.7. The third-order valence-electron chi connectivity index (χ3n) is 13.7. The first kappa shape index (κ1) is 24.2. The van der Waals surface area contributed by atoms with E-state index in [1.165, 1.54) is 0 Å². The van der Waals surface area contributed by atoms with Crippen molar-refractivity contribution >= 4 is 11.6 Å². The first-order valence-corrected chi connectivity index (χ1v) is 14.4. The Morgan fingerprint density at radius 1 is 0.972 bits per heavy atom. The van der Waals surface area contributed by atoms with Gasteiger partial charge in [-0.05, 0) is 74.5 Å². The fraction of sp³-hybridized carbons (Fsp3) is 0.933. The van der Waals surface area contributed by atoms with E-state index in [-0.39, 0.29) is 45.9 Å². The third kappa shape index (κ3) is 2.19. The Morgan fingerprint density at radius 3 is 2.31 bits per heavy atom. The number of carbonyl (C=O) groups is 2. The number of Topliss-reactive ketones (excluding diaryl/α,β-unsaturated/α-hetero) is 2. The van der Waals surface area contributed by atoms with Gasteiger partial charge >= 0.3 is 0 Å². The Morgan fingerprint density at radius 2 is 1.64 bits per heavy atom. The van der Waals surface area contributed by atoms with Crippen molar-refractivity contribution in [1.82, 2.24) is 0 Å². The van der Waals surface area contributed by atoms with Gasteiger partial charge in [0.25, 0.3) is 0 Å². The normalized spacial score (nSPS) is 60.5. The lowest BCUT2D eigenvalue weighted by Gasteiger charge is -2.61. The molecule has 12 atom stereocenters. The summed E-state index contributed by atoms with van der Waals surface area (Å²) >= 11 is 0. The van der Waals surface area contributed by atoms with Crippen LogP contribution in [-0.4, -0.2) is 51.5 Å². The maximum absolute atomic E-state index is 14.5. The van der Waals surface area contributed by atoms with Crippen LogP contribution in [0.3, 0.4) is 0 Å². The first-order chi connectivity index (χ1) is 16.5. The molecule has 36 heavy (non-hydrogen) atoms. The molecule has 2 bridgehead atoms. The molecule has 0 radical (unpaired) electrons. The summed E-state index contributed by atoms with van der Waals surface area (Å²) in [7, 11) is 0. The molecule has 6 nitrogen and oxygen atoms in total. The van der Waals surface area contributed by atoms with Crippen molar-refractivity contribution in [2.24, 2.45) is 50.7 Å². The van der Waals surface area contributed by atoms with Crippen LogP contribution in [0.5, 0.6) is 0 Å². The van der Waals surface area contributed by atoms with Gasteiger partial charge in [-0.15, -0.1) is 0 Å². The molecule has 5 aliphatic carbocycles. The molecule has 7 aliphatic rings. The van der Waals surface area contributed by atoms with E-state index in [2.05, 4.69) is 34.6 Å². The van der Waals surface area contributed by atoms with E-state index in [0.29, 0.717) is 31.0 Å². The lowest BCUT2D eigenvalue weighted by atomic mass is 9.41. The number of hydrogen-bond donors (Lipinski definition) is 2. The molecule has 6 heteroatoms. The van der Waals surface area contributed by atoms with E-state index in [0.717, 1.165) is 25.7 Å². The van der Waals surface area contributed by atoms with Gasteiger partial charge in [-0.3, -0.25) is 9.59 Å². The van der Waals surface area contributed by atoms with Crippen molar-refractivity contribution in [1.29, 1.82) is 0 Å². The van der Waals surface area contributed by atoms with E-state index in [4.69, 9.17) is 9.47 Å². The molecule has 7 rings (SSSR count). The molecule has 2 saturated heterocycles. The minimum Gasteiger partial charge on any atom is -0.388 e. The quantitative estimate of drug-likeness (QED) is 0.564. The van der Waals surface area contributed by atoms with Crippen LogP contribution in [0.2, 0.25) is 0 Å². The minimum absolute atomic E-state index is 0.0274. The molecule has 2 aliphatic heterocycles. The van der Waals surface area contributed by atoms with Crippen LogP contribution in [0.15, 0.2) is 0 Å². The molecule has 0 aromatic rings. The number of ether oxygens (including phenoxy) is 2. The van der Waals surface area contributed by atoms with E-state index in [9.17, 15) is 19.8 Å². The maximum atomic E-state index is 14.5. The summed E-state index contributed by atoms with van der Waals surface area (Å²) in [5.41, 5.74) is -3.02. The summed E-state index contributed by atoms with van der Waals surface area (Å²) in [6.07, 6.45) is 3.87. The molecule has 3 spiro atoms. The maximum Gasteiger partial charge on any atom is 0.200 e. The number of ketones is 2. The van der Waals surface area contributed by atoms with Gasteiger partial charge in [0.1, 0.15) is 23.8 Å². The van der Waals surface area contributed by atoms with E-state index in [1.54, 1.807) is 13.8 Å². The van der Waals surface area contributed by atoms with Gasteiger partial charge in [-0.25, -0.2) is 0 Å². The predicted octanol–water partition coefficient (Wildman–Crippen LogP) is 4.05. The van der Waals surface area contributed by atoms with Crippen LogP contribution < -0.4 is 0 Å². The second-order valence-corrected chi connectivity index (χ2v) is 15.6. The number of aliphatic hydroxyl groups is 2. The highest BCUT2D eigenvalue weighted by atomic mass is 16.8. The smallest absolute Gasteiger partial charge is 0.200 e. The zero-order valence-corrected chi connectivity index (χ0v) is 23.0. The first-order valence-electron chi connectivity index (χ1n) is 14.4. The van der Waals surface area contributed by atoms with Crippen molar-refractivity contribution in [2.45, 2.75) is 123 Å². The Bertz CT molecular complexity index is 1080. The molecule has 5 saturated carbocycles. The molecule has 7 fully saturated rings. The molecular weight excluding hydrogens is 456 g/mol. The Hall–Kier alpha value is -0.820. The van der Waals surface area contributed by atoms with Gasteiger partial charge in [0.2, 0.25) is 0 Å². The van der Waals surface area contributed by atoms with Crippen molar-refractivity contribution in [2.75, 3.05) is 0 Å². The van der Waals surface area contributed by atoms with Crippen molar-refractivity contribution < 1.29 is 29.3 Å². The highest BCUT2D eigenvalue weighted by molar-refractivity contribution is 5.90. The van der Waals surface area contributed by atoms with Gasteiger partial charge in [0.15, 0.2) is 5.79 Å². The number of fused-ring (bicyclic) bond motifs is 4. The fourth-order valence-corrected chi connectivity index (χ4v) is 12.2. The van der Waals surface area contributed by atoms with E-state index < -0.39 is 34.4 Å². The zero-order chi connectivity index (χ0) is 26.1. The van der Waals surface area contributed by atoms with Gasteiger partial charge in [-0.2, -0.15) is 0 Å². The number of hydrogen-bond acceptors (Lipinski definition) is 6. The average Bonchev–Trinajstić information content (AvgIpc) is 3.27. The predicted molar refractivity (Wildman–Crippen MR) is 132 cm³/mol. The summed E-state index contributed by atoms with van der Waals surface area (Å²) in [6.45, 7) is 14.2. The monoisotopic (exact) mass is 500 g/mol. The molecule has 0 amide bonds. The summed E-state index contributed by atoms with van der Waals surface area (Å²) in [5.74, 6) is -0.280. The van der Waals surface area contributed by atoms with Crippen LogP contribution in [0.1, 0.15) is 93.4 Å². The molecule has 0 aromatic carbocycles. The SMILES string of the molecule is C[C@@H]1CC2O[C@@]3(O[C@@H]2C(C)(C)O)[C@H](O)[C@@]2(C)[C@@H]4CC[C@H]5C(C)(C)C(=O)CC[C@@]56C[C@@]46CC(=O)[C@]2(C)[C@@H]13. The Kier molecular flexibility index (Phi) is 4.25. The largest absolute Gasteiger partial charge is 0.388 e. The minimum atomic E-state index is -1.27. The average molecular weight is 501 g/mol. The van der Waals surface area contributed by atoms with Gasteiger partial charge < -0.3 is 19.7 Å². The highest BCUT2D eigenvalue weighted by Gasteiger charge is 2.90. The molecule has 200 valence electrons. The van der Waals surface area contributed by atoms with Crippen LogP contribution in [0.4, 0.5) is 0 Å². The summed E-state index contributed by atoms with van der Waals surface area (Å²) in [6, 6.07) is 0. The van der Waals surface area contributed by atoms with Crippen LogP contribution in [0.25, 0.3) is 0 Å². The molecule has 0 aromatic heterocycles. The second kappa shape index (κ2) is 6.32. The number of rotatable bonds is 1. The molecule has 2 heterocycles. The van der Waals surface area contributed by atoms with E-state index >= 15 is 0 Å². The van der Waals surface area contributed by atoms with E-state index in [1.807, 2.05) is 0 Å². The zero-order valence-electron chi connectivity index (χ0n) is 23.0. The van der Waals surface area contributed by atoms with Crippen LogP contribution in [0, 0.1) is 50.7 Å². The van der Waals surface area contributed by atoms with Gasteiger partial charge in [0.05, 0.1) is 11.7 Å². The van der Waals surface area contributed by atoms with Crippen LogP contribution >= 0.6 is 0 Å². The summed E-state index contributed by atoms with van der Waals surface area (Å²) in [4.78, 5) is 27.5. The molecular formula is C30H44O6. The highest BCUT2D eigenvalue weighted by Crippen LogP contribution is 2.89. The summed E-state index contributed by atoms with van der Waals surface area (Å²) < 4.78 is 13.3. The van der Waals surface area contributed by atoms with Crippen molar-refractivity contribution in [3.8, 4) is 0 Å². The standard InChI is InChI=1S/C30H44O6/c1-15-12-16-22(25(4,5)34)36-30(35-16)21(15)27(7)20(32)13-29-14-28(29)11-10-19(31)24(2,3)17(28)8-9-18(29)26(27,6)23(30)33/h15-18,21-23,33-34H,8-14H2,1-7H3/t15-,16?,17+,18+,21-,22+,23-,26-,27-,28-,29+,30+/m1/s1. The lowest BCUT2D eigenvalue weighted by molar-refractivity contribution is -0.282. The fourth-order valence-electron chi connectivity index (χ4n) is 12.2. The van der Waals surface area contributed by atoms with Gasteiger partial charge in [0, 0.05) is 35.0 Å². The number of carbonyl (C=O) groups excluding carboxylic acids is 2. The lowest BCUT2D eigenvalue weighted by Crippen LogP contribution is -2.62. The molecule has 1 unspecified atom stereocenters. The van der Waals surface area contributed by atoms with Crippen molar-refractivity contribution in [3.63, 3.8) is 0 Å². The second-order valence-electron chi connectivity index (χ2n) is 15.6. The Balaban J connectivity index is 1.37. The Labute approximate surface area is 214 Å². The summed E-state index contributed by atoms with van der Waals surface area (Å²) in [5, 5.41) is 23.4. The van der Waals surface area contributed by atoms with Gasteiger partial charge in [-0.1, -0.05) is 34.6 Å². The topological polar surface area (TPSA) is 93.1 Å². The van der Waals surface area contributed by atoms with Crippen molar-refractivity contribution in [3.05, 3.63) is 0 Å². The van der Waals surface area contributed by atoms with Crippen LogP contribution in [-0.2, 0) is 19.1 Å². The number of aliphatic hydroxyl groups excluding tert-OH is 1.